The van der Waals surface area contributed by atoms with Crippen molar-refractivity contribution in [2.24, 2.45) is 5.41 Å². The molecule has 2 rings (SSSR count). The summed E-state index contributed by atoms with van der Waals surface area (Å²) in [4.78, 5) is 21.5. The Morgan fingerprint density at radius 2 is 2.19 bits per heavy atom. The van der Waals surface area contributed by atoms with Crippen molar-refractivity contribution in [3.05, 3.63) is 17.0 Å². The molecular weight excluding hydrogens is 336 g/mol. The van der Waals surface area contributed by atoms with Gasteiger partial charge in [-0.25, -0.2) is 9.78 Å². The molecule has 7 heteroatoms. The molecule has 0 bridgehead atoms. The monoisotopic (exact) mass is 356 g/mol. The predicted molar refractivity (Wildman–Crippen MR) is 84.4 cm³/mol. The number of carboxylic acid groups (broad SMARTS) is 1. The van der Waals surface area contributed by atoms with Crippen LogP contribution in [0.2, 0.25) is 0 Å². The third-order valence-corrected chi connectivity index (χ3v) is 4.08. The lowest BCUT2D eigenvalue weighted by Gasteiger charge is -2.47. The van der Waals surface area contributed by atoms with E-state index in [-0.39, 0.29) is 17.5 Å². The van der Waals surface area contributed by atoms with E-state index in [1.54, 1.807) is 17.3 Å². The SMILES string of the molecule is CC(C)(C)C1[C@H](Nc2cncc(Br)n2)CCCN1C(=O)O. The summed E-state index contributed by atoms with van der Waals surface area (Å²) in [5.74, 6) is 0.663. The van der Waals surface area contributed by atoms with Crippen molar-refractivity contribution in [2.75, 3.05) is 11.9 Å². The number of anilines is 1. The number of nitrogens with one attached hydrogen (secondary N) is 1. The van der Waals surface area contributed by atoms with Gasteiger partial charge in [-0.1, -0.05) is 20.8 Å². The van der Waals surface area contributed by atoms with Gasteiger partial charge in [-0.15, -0.1) is 0 Å². The van der Waals surface area contributed by atoms with Gasteiger partial charge in [0.25, 0.3) is 0 Å². The van der Waals surface area contributed by atoms with Crippen LogP contribution in [0.3, 0.4) is 0 Å². The first-order valence-corrected chi connectivity index (χ1v) is 7.82. The lowest BCUT2D eigenvalue weighted by molar-refractivity contribution is 0.0518. The summed E-state index contributed by atoms with van der Waals surface area (Å²) >= 11 is 3.30. The average molecular weight is 357 g/mol. The Morgan fingerprint density at radius 1 is 1.48 bits per heavy atom. The van der Waals surface area contributed by atoms with E-state index in [2.05, 4.69) is 52.0 Å². The fourth-order valence-electron chi connectivity index (χ4n) is 3.03. The normalized spacial score (nSPS) is 23.0. The third-order valence-electron chi connectivity index (χ3n) is 3.70. The highest BCUT2D eigenvalue weighted by molar-refractivity contribution is 9.10. The number of hydrogen-bond acceptors (Lipinski definition) is 4. The molecule has 21 heavy (non-hydrogen) atoms. The highest BCUT2D eigenvalue weighted by Gasteiger charge is 2.41. The zero-order valence-electron chi connectivity index (χ0n) is 12.5. The summed E-state index contributed by atoms with van der Waals surface area (Å²) < 4.78 is 0.658. The molecule has 1 aliphatic heterocycles. The van der Waals surface area contributed by atoms with Gasteiger partial charge >= 0.3 is 6.09 Å². The summed E-state index contributed by atoms with van der Waals surface area (Å²) in [6.45, 7) is 6.79. The number of aromatic nitrogens is 2. The van der Waals surface area contributed by atoms with Crippen molar-refractivity contribution in [2.45, 2.75) is 45.7 Å². The van der Waals surface area contributed by atoms with Crippen molar-refractivity contribution < 1.29 is 9.90 Å². The van der Waals surface area contributed by atoms with Gasteiger partial charge in [-0.3, -0.25) is 4.98 Å². The number of rotatable bonds is 2. The number of carbonyl (C=O) groups is 1. The van der Waals surface area contributed by atoms with Crippen molar-refractivity contribution in [1.29, 1.82) is 0 Å². The van der Waals surface area contributed by atoms with Gasteiger partial charge in [0.15, 0.2) is 0 Å². The third kappa shape index (κ3) is 3.84. The summed E-state index contributed by atoms with van der Waals surface area (Å²) in [6.07, 6.45) is 4.18. The van der Waals surface area contributed by atoms with Gasteiger partial charge in [-0.2, -0.15) is 0 Å². The molecule has 0 spiro atoms. The zero-order valence-corrected chi connectivity index (χ0v) is 14.1. The van der Waals surface area contributed by atoms with E-state index in [1.807, 2.05) is 0 Å². The molecule has 2 N–H and O–H groups in total. The molecule has 1 amide bonds. The minimum absolute atomic E-state index is 0.0263. The number of nitrogens with zero attached hydrogens (tertiary/aromatic N) is 3. The van der Waals surface area contributed by atoms with E-state index in [0.717, 1.165) is 12.8 Å². The fraction of sp³-hybridized carbons (Fsp3) is 0.643. The van der Waals surface area contributed by atoms with Crippen molar-refractivity contribution in [1.82, 2.24) is 14.9 Å². The number of halogens is 1. The van der Waals surface area contributed by atoms with Crippen molar-refractivity contribution >= 4 is 27.8 Å². The second-order valence-corrected chi connectivity index (χ2v) is 7.22. The first-order chi connectivity index (χ1) is 9.79. The van der Waals surface area contributed by atoms with Gasteiger partial charge in [0, 0.05) is 12.6 Å². The maximum absolute atomic E-state index is 11.5. The highest BCUT2D eigenvalue weighted by atomic mass is 79.9. The van der Waals surface area contributed by atoms with Crippen LogP contribution >= 0.6 is 15.9 Å². The molecule has 6 nitrogen and oxygen atoms in total. The number of hydrogen-bond donors (Lipinski definition) is 2. The Labute approximate surface area is 133 Å². The van der Waals surface area contributed by atoms with Crippen LogP contribution in [-0.2, 0) is 0 Å². The Hall–Kier alpha value is -1.37. The van der Waals surface area contributed by atoms with Crippen LogP contribution in [0.15, 0.2) is 17.0 Å². The second-order valence-electron chi connectivity index (χ2n) is 6.41. The molecule has 1 fully saturated rings. The summed E-state index contributed by atoms with van der Waals surface area (Å²) in [7, 11) is 0. The molecule has 116 valence electrons. The summed E-state index contributed by atoms with van der Waals surface area (Å²) in [6, 6.07) is -0.0806. The minimum atomic E-state index is -0.859. The average Bonchev–Trinajstić information content (AvgIpc) is 2.37. The van der Waals surface area contributed by atoms with Crippen LogP contribution in [0.25, 0.3) is 0 Å². The maximum atomic E-state index is 11.5. The molecular formula is C14H21BrN4O2. The standard InChI is InChI=1S/C14H21BrN4O2/c1-14(2,3)12-9(5-4-6-19(12)13(20)21)17-11-8-16-7-10(15)18-11/h7-9,12H,4-6H2,1-3H3,(H,17,18)(H,20,21)/t9-,12?/m1/s1. The molecule has 1 aromatic heterocycles. The van der Waals surface area contributed by atoms with Gasteiger partial charge in [0.2, 0.25) is 0 Å². The van der Waals surface area contributed by atoms with Crippen LogP contribution in [0.1, 0.15) is 33.6 Å². The van der Waals surface area contributed by atoms with Crippen LogP contribution < -0.4 is 5.32 Å². The zero-order chi connectivity index (χ0) is 15.6. The van der Waals surface area contributed by atoms with Crippen molar-refractivity contribution in [3.8, 4) is 0 Å². The summed E-state index contributed by atoms with van der Waals surface area (Å²) in [5.41, 5.74) is -0.157. The molecule has 1 unspecified atom stereocenters. The number of likely N-dealkylation sites (tertiary alicyclic amines) is 1. The van der Waals surface area contributed by atoms with E-state index in [1.165, 1.54) is 0 Å². The van der Waals surface area contributed by atoms with Gasteiger partial charge in [0.05, 0.1) is 18.4 Å². The van der Waals surface area contributed by atoms with E-state index >= 15 is 0 Å². The molecule has 0 aliphatic carbocycles. The molecule has 1 aromatic rings. The van der Waals surface area contributed by atoms with E-state index in [4.69, 9.17) is 0 Å². The van der Waals surface area contributed by atoms with E-state index in [9.17, 15) is 9.90 Å². The molecule has 1 saturated heterocycles. The van der Waals surface area contributed by atoms with Gasteiger partial charge in [0.1, 0.15) is 10.4 Å². The lowest BCUT2D eigenvalue weighted by atomic mass is 9.77. The van der Waals surface area contributed by atoms with Crippen LogP contribution in [-0.4, -0.2) is 44.7 Å². The smallest absolute Gasteiger partial charge is 0.407 e. The second kappa shape index (κ2) is 6.17. The Bertz CT molecular complexity index is 518. The van der Waals surface area contributed by atoms with E-state index < -0.39 is 6.09 Å². The lowest BCUT2D eigenvalue weighted by Crippen LogP contribution is -2.58. The molecule has 0 radical (unpaired) electrons. The largest absolute Gasteiger partial charge is 0.465 e. The van der Waals surface area contributed by atoms with Crippen LogP contribution in [0.4, 0.5) is 10.6 Å². The van der Waals surface area contributed by atoms with Crippen molar-refractivity contribution in [3.63, 3.8) is 0 Å². The van der Waals surface area contributed by atoms with E-state index in [0.29, 0.717) is 17.0 Å². The Kier molecular flexibility index (Phi) is 4.70. The Morgan fingerprint density at radius 3 is 2.76 bits per heavy atom. The highest BCUT2D eigenvalue weighted by Crippen LogP contribution is 2.33. The molecule has 2 heterocycles. The fourth-order valence-corrected chi connectivity index (χ4v) is 3.34. The van der Waals surface area contributed by atoms with Crippen LogP contribution in [0.5, 0.6) is 0 Å². The minimum Gasteiger partial charge on any atom is -0.465 e. The van der Waals surface area contributed by atoms with Gasteiger partial charge in [-0.05, 0) is 34.2 Å². The maximum Gasteiger partial charge on any atom is 0.407 e. The topological polar surface area (TPSA) is 78.4 Å². The Balaban J connectivity index is 2.25. The molecule has 0 saturated carbocycles. The predicted octanol–water partition coefficient (Wildman–Crippen LogP) is 3.21. The quantitative estimate of drug-likeness (QED) is 0.850. The molecule has 1 aliphatic rings. The van der Waals surface area contributed by atoms with Crippen LogP contribution in [0, 0.1) is 5.41 Å². The number of amides is 1. The summed E-state index contributed by atoms with van der Waals surface area (Å²) in [5, 5.41) is 12.8. The van der Waals surface area contributed by atoms with Gasteiger partial charge < -0.3 is 15.3 Å². The first kappa shape index (κ1) is 16.0. The molecule has 2 atom stereocenters. The molecule has 0 aromatic carbocycles. The first-order valence-electron chi connectivity index (χ1n) is 7.02. The number of piperidine rings is 1.